The van der Waals surface area contributed by atoms with Gasteiger partial charge >= 0.3 is 5.69 Å². The summed E-state index contributed by atoms with van der Waals surface area (Å²) in [6.07, 6.45) is 3.12. The molecule has 0 bridgehead atoms. The summed E-state index contributed by atoms with van der Waals surface area (Å²) in [5, 5.41) is 18.2. The first-order valence-corrected chi connectivity index (χ1v) is 8.58. The molecule has 26 heavy (non-hydrogen) atoms. The molecule has 1 N–H and O–H groups in total. The molecule has 0 atom stereocenters. The predicted molar refractivity (Wildman–Crippen MR) is 95.5 cm³/mol. The number of hydrogen-bond donors (Lipinski definition) is 1. The van der Waals surface area contributed by atoms with Crippen LogP contribution < -0.4 is 5.32 Å². The number of rotatable bonds is 5. The van der Waals surface area contributed by atoms with E-state index in [1.165, 1.54) is 0 Å². The van der Waals surface area contributed by atoms with Crippen molar-refractivity contribution in [1.29, 1.82) is 0 Å². The number of aromatic nitrogens is 3. The lowest BCUT2D eigenvalue weighted by atomic mass is 9.96. The first-order chi connectivity index (χ1) is 12.5. The molecular formula is C17H22N6O3. The predicted octanol–water partition coefficient (Wildman–Crippen LogP) is 2.11. The number of nitrogens with zero attached hydrogens (tertiary/aromatic N) is 5. The second-order valence-electron chi connectivity index (χ2n) is 6.51. The Labute approximate surface area is 151 Å². The Kier molecular flexibility index (Phi) is 5.27. The average molecular weight is 358 g/mol. The lowest BCUT2D eigenvalue weighted by molar-refractivity contribution is -0.386. The van der Waals surface area contributed by atoms with Crippen molar-refractivity contribution in [2.45, 2.75) is 33.4 Å². The van der Waals surface area contributed by atoms with Crippen molar-refractivity contribution < 1.29 is 9.72 Å². The van der Waals surface area contributed by atoms with Crippen LogP contribution in [0.2, 0.25) is 0 Å². The molecule has 2 aromatic rings. The van der Waals surface area contributed by atoms with E-state index in [1.807, 2.05) is 6.07 Å². The zero-order valence-corrected chi connectivity index (χ0v) is 14.9. The second kappa shape index (κ2) is 7.61. The van der Waals surface area contributed by atoms with Crippen molar-refractivity contribution in [3.63, 3.8) is 0 Å². The molecule has 9 nitrogen and oxygen atoms in total. The third-order valence-corrected chi connectivity index (χ3v) is 4.73. The highest BCUT2D eigenvalue weighted by Crippen LogP contribution is 2.24. The maximum Gasteiger partial charge on any atom is 0.312 e. The molecule has 3 rings (SSSR count). The van der Waals surface area contributed by atoms with Crippen LogP contribution in [0.15, 0.2) is 24.4 Å². The smallest absolute Gasteiger partial charge is 0.310 e. The summed E-state index contributed by atoms with van der Waals surface area (Å²) in [5.74, 6) is 0.503. The van der Waals surface area contributed by atoms with Gasteiger partial charge in [-0.15, -0.1) is 0 Å². The van der Waals surface area contributed by atoms with Crippen LogP contribution in [0.25, 0.3) is 0 Å². The SMILES string of the molecule is Cc1nn(CN2CCC(C(=O)Nc3ccccn3)CC2)c(C)c1[N+](=O)[O-]. The van der Waals surface area contributed by atoms with Crippen molar-refractivity contribution >= 4 is 17.4 Å². The van der Waals surface area contributed by atoms with Gasteiger partial charge in [-0.25, -0.2) is 9.67 Å². The maximum atomic E-state index is 12.3. The van der Waals surface area contributed by atoms with Gasteiger partial charge in [-0.1, -0.05) is 6.07 Å². The summed E-state index contributed by atoms with van der Waals surface area (Å²) in [6.45, 7) is 5.34. The van der Waals surface area contributed by atoms with Crippen LogP contribution in [0.5, 0.6) is 0 Å². The minimum atomic E-state index is -0.387. The van der Waals surface area contributed by atoms with Gasteiger partial charge in [-0.3, -0.25) is 19.8 Å². The zero-order valence-electron chi connectivity index (χ0n) is 14.9. The molecule has 1 aliphatic heterocycles. The molecule has 0 aromatic carbocycles. The Morgan fingerprint density at radius 2 is 2.08 bits per heavy atom. The van der Waals surface area contributed by atoms with Crippen LogP contribution in [0.4, 0.5) is 11.5 Å². The third kappa shape index (κ3) is 3.88. The fraction of sp³-hybridized carbons (Fsp3) is 0.471. The minimum absolute atomic E-state index is 0.00916. The number of pyridine rings is 1. The summed E-state index contributed by atoms with van der Waals surface area (Å²) in [7, 11) is 0. The summed E-state index contributed by atoms with van der Waals surface area (Å²) in [5.41, 5.74) is 1.06. The third-order valence-electron chi connectivity index (χ3n) is 4.73. The molecule has 3 heterocycles. The zero-order chi connectivity index (χ0) is 18.7. The van der Waals surface area contributed by atoms with E-state index in [2.05, 4.69) is 20.3 Å². The summed E-state index contributed by atoms with van der Waals surface area (Å²) >= 11 is 0. The van der Waals surface area contributed by atoms with Crippen molar-refractivity contribution in [2.75, 3.05) is 18.4 Å². The number of amides is 1. The average Bonchev–Trinajstić information content (AvgIpc) is 2.90. The van der Waals surface area contributed by atoms with Crippen molar-refractivity contribution in [3.05, 3.63) is 45.9 Å². The van der Waals surface area contributed by atoms with Crippen LogP contribution in [0.3, 0.4) is 0 Å². The van der Waals surface area contributed by atoms with Gasteiger partial charge in [0.2, 0.25) is 5.91 Å². The topological polar surface area (TPSA) is 106 Å². The molecule has 0 unspecified atom stereocenters. The number of aryl methyl sites for hydroxylation is 1. The van der Waals surface area contributed by atoms with E-state index in [0.29, 0.717) is 23.9 Å². The van der Waals surface area contributed by atoms with Gasteiger partial charge in [-0.05, 0) is 38.8 Å². The molecule has 1 aliphatic rings. The number of nitrogens with one attached hydrogen (secondary N) is 1. The van der Waals surface area contributed by atoms with Crippen LogP contribution >= 0.6 is 0 Å². The number of piperidine rings is 1. The van der Waals surface area contributed by atoms with Crippen LogP contribution in [0.1, 0.15) is 24.2 Å². The van der Waals surface area contributed by atoms with Gasteiger partial charge in [0.15, 0.2) is 0 Å². The number of anilines is 1. The van der Waals surface area contributed by atoms with E-state index in [0.717, 1.165) is 25.9 Å². The Morgan fingerprint density at radius 1 is 1.35 bits per heavy atom. The lowest BCUT2D eigenvalue weighted by Gasteiger charge is -2.31. The molecule has 0 aliphatic carbocycles. The molecule has 0 spiro atoms. The van der Waals surface area contributed by atoms with Gasteiger partial charge in [0.1, 0.15) is 17.2 Å². The fourth-order valence-corrected chi connectivity index (χ4v) is 3.28. The molecule has 1 saturated heterocycles. The summed E-state index contributed by atoms with van der Waals surface area (Å²) < 4.78 is 1.67. The van der Waals surface area contributed by atoms with Gasteiger partial charge in [0.25, 0.3) is 0 Å². The van der Waals surface area contributed by atoms with Crippen LogP contribution in [-0.4, -0.2) is 43.6 Å². The van der Waals surface area contributed by atoms with Crippen molar-refractivity contribution in [3.8, 4) is 0 Å². The summed E-state index contributed by atoms with van der Waals surface area (Å²) in [6, 6.07) is 5.40. The van der Waals surface area contributed by atoms with E-state index in [9.17, 15) is 14.9 Å². The number of hydrogen-bond acceptors (Lipinski definition) is 6. The first-order valence-electron chi connectivity index (χ1n) is 8.58. The van der Waals surface area contributed by atoms with Crippen molar-refractivity contribution in [2.24, 2.45) is 5.92 Å². The highest BCUT2D eigenvalue weighted by Gasteiger charge is 2.27. The van der Waals surface area contributed by atoms with Gasteiger partial charge < -0.3 is 5.32 Å². The minimum Gasteiger partial charge on any atom is -0.310 e. The van der Waals surface area contributed by atoms with Crippen molar-refractivity contribution in [1.82, 2.24) is 19.7 Å². The Hall–Kier alpha value is -2.81. The van der Waals surface area contributed by atoms with E-state index < -0.39 is 0 Å². The number of carbonyl (C=O) groups excluding carboxylic acids is 1. The van der Waals surface area contributed by atoms with Gasteiger partial charge in [-0.2, -0.15) is 5.10 Å². The molecule has 0 saturated carbocycles. The van der Waals surface area contributed by atoms with Crippen LogP contribution in [-0.2, 0) is 11.5 Å². The van der Waals surface area contributed by atoms with E-state index in [1.54, 1.807) is 36.9 Å². The molecule has 2 aromatic heterocycles. The Balaban J connectivity index is 1.55. The fourth-order valence-electron chi connectivity index (χ4n) is 3.28. The lowest BCUT2D eigenvalue weighted by Crippen LogP contribution is -2.39. The summed E-state index contributed by atoms with van der Waals surface area (Å²) in [4.78, 5) is 29.3. The number of likely N-dealkylation sites (tertiary alicyclic amines) is 1. The highest BCUT2D eigenvalue weighted by molar-refractivity contribution is 5.91. The normalized spacial score (nSPS) is 15.8. The second-order valence-corrected chi connectivity index (χ2v) is 6.51. The largest absolute Gasteiger partial charge is 0.312 e. The number of nitro groups is 1. The quantitative estimate of drug-likeness (QED) is 0.648. The van der Waals surface area contributed by atoms with Gasteiger partial charge in [0.05, 0.1) is 11.6 Å². The molecule has 1 fully saturated rings. The molecule has 9 heteroatoms. The van der Waals surface area contributed by atoms with Crippen LogP contribution in [0, 0.1) is 29.9 Å². The van der Waals surface area contributed by atoms with E-state index >= 15 is 0 Å². The van der Waals surface area contributed by atoms with Gasteiger partial charge in [0, 0.05) is 25.2 Å². The molecule has 1 amide bonds. The first kappa shape index (κ1) is 18.0. The Morgan fingerprint density at radius 3 is 2.65 bits per heavy atom. The molecule has 138 valence electrons. The van der Waals surface area contributed by atoms with E-state index in [4.69, 9.17) is 0 Å². The highest BCUT2D eigenvalue weighted by atomic mass is 16.6. The maximum absolute atomic E-state index is 12.3. The number of carbonyl (C=O) groups is 1. The Bertz CT molecular complexity index is 796. The molecular weight excluding hydrogens is 336 g/mol. The molecule has 0 radical (unpaired) electrons. The monoisotopic (exact) mass is 358 g/mol. The standard InChI is InChI=1S/C17H22N6O3/c1-12-16(23(25)26)13(2)22(20-12)11-21-9-6-14(7-10-21)17(24)19-15-5-3-4-8-18-15/h3-5,8,14H,6-7,9-11H2,1-2H3,(H,18,19,24). The van der Waals surface area contributed by atoms with E-state index in [-0.39, 0.29) is 22.4 Å².